The minimum atomic E-state index is 0.302. The number of nitriles is 1. The number of hydrogen-bond donors (Lipinski definition) is 1. The highest BCUT2D eigenvalue weighted by molar-refractivity contribution is 5.78. The van der Waals surface area contributed by atoms with Crippen LogP contribution in [0.2, 0.25) is 0 Å². The molecule has 0 spiro atoms. The van der Waals surface area contributed by atoms with E-state index in [2.05, 4.69) is 11.1 Å². The molecule has 0 aliphatic rings. The van der Waals surface area contributed by atoms with Gasteiger partial charge in [-0.2, -0.15) is 5.26 Å². The summed E-state index contributed by atoms with van der Waals surface area (Å²) in [6, 6.07) is 10.2. The lowest BCUT2D eigenvalue weighted by atomic mass is 9.94. The van der Waals surface area contributed by atoms with Crippen LogP contribution in [0, 0.1) is 32.1 Å². The number of nitrogens with zero attached hydrogens (tertiary/aromatic N) is 2. The molecule has 2 rings (SSSR count). The van der Waals surface area contributed by atoms with Gasteiger partial charge in [-0.05, 0) is 31.9 Å². The summed E-state index contributed by atoms with van der Waals surface area (Å²) >= 11 is 0. The highest BCUT2D eigenvalue weighted by Gasteiger charge is 2.14. The first kappa shape index (κ1) is 12.1. The third-order valence-corrected chi connectivity index (χ3v) is 3.16. The second-order valence-electron chi connectivity index (χ2n) is 4.44. The summed E-state index contributed by atoms with van der Waals surface area (Å²) in [5.74, 6) is 0.302. The average Bonchev–Trinajstić information content (AvgIpc) is 2.35. The van der Waals surface area contributed by atoms with Crippen molar-refractivity contribution in [1.29, 1.82) is 5.26 Å². The summed E-state index contributed by atoms with van der Waals surface area (Å²) in [6.07, 6.45) is 0. The monoisotopic (exact) mass is 237 g/mol. The summed E-state index contributed by atoms with van der Waals surface area (Å²) in [6.45, 7) is 5.91. The fraction of sp³-hybridized carbons (Fsp3) is 0.200. The molecule has 1 aromatic heterocycles. The molecular formula is C15H15N3. The number of benzene rings is 1. The zero-order chi connectivity index (χ0) is 13.3. The standard InChI is InChI=1S/C15H15N3/c1-9-4-6-12(7-5-9)14-10(2)11(3)18-15(17)13(14)8-16/h4-7H,1-3H3,(H2,17,18). The largest absolute Gasteiger partial charge is 0.383 e. The zero-order valence-corrected chi connectivity index (χ0v) is 10.8. The van der Waals surface area contributed by atoms with Gasteiger partial charge in [0.25, 0.3) is 0 Å². The maximum absolute atomic E-state index is 9.26. The van der Waals surface area contributed by atoms with Crippen molar-refractivity contribution in [1.82, 2.24) is 4.98 Å². The highest BCUT2D eigenvalue weighted by Crippen LogP contribution is 2.31. The van der Waals surface area contributed by atoms with E-state index in [0.717, 1.165) is 22.4 Å². The molecule has 90 valence electrons. The van der Waals surface area contributed by atoms with Crippen LogP contribution in [0.1, 0.15) is 22.4 Å². The molecule has 0 saturated carbocycles. The van der Waals surface area contributed by atoms with Gasteiger partial charge in [-0.1, -0.05) is 29.8 Å². The molecule has 0 aliphatic heterocycles. The number of hydrogen-bond acceptors (Lipinski definition) is 3. The van der Waals surface area contributed by atoms with Gasteiger partial charge in [-0.3, -0.25) is 0 Å². The van der Waals surface area contributed by atoms with Crippen LogP contribution >= 0.6 is 0 Å². The Labute approximate surface area is 107 Å². The van der Waals surface area contributed by atoms with Gasteiger partial charge < -0.3 is 5.73 Å². The van der Waals surface area contributed by atoms with Crippen LogP contribution in [0.15, 0.2) is 24.3 Å². The van der Waals surface area contributed by atoms with E-state index in [1.807, 2.05) is 45.0 Å². The average molecular weight is 237 g/mol. The number of nitrogens with two attached hydrogens (primary N) is 1. The topological polar surface area (TPSA) is 62.7 Å². The predicted octanol–water partition coefficient (Wildman–Crippen LogP) is 3.13. The van der Waals surface area contributed by atoms with E-state index in [0.29, 0.717) is 11.4 Å². The zero-order valence-electron chi connectivity index (χ0n) is 10.8. The van der Waals surface area contributed by atoms with E-state index in [1.54, 1.807) is 0 Å². The van der Waals surface area contributed by atoms with E-state index in [-0.39, 0.29) is 0 Å². The summed E-state index contributed by atoms with van der Waals surface area (Å²) in [7, 11) is 0. The molecule has 18 heavy (non-hydrogen) atoms. The molecule has 2 aromatic rings. The van der Waals surface area contributed by atoms with Crippen LogP contribution in [0.5, 0.6) is 0 Å². The molecule has 0 saturated heterocycles. The summed E-state index contributed by atoms with van der Waals surface area (Å²) in [5, 5.41) is 9.26. The maximum atomic E-state index is 9.26. The van der Waals surface area contributed by atoms with Crippen LogP contribution in [-0.4, -0.2) is 4.98 Å². The van der Waals surface area contributed by atoms with E-state index >= 15 is 0 Å². The van der Waals surface area contributed by atoms with Crippen LogP contribution < -0.4 is 5.73 Å². The van der Waals surface area contributed by atoms with Gasteiger partial charge in [-0.15, -0.1) is 0 Å². The van der Waals surface area contributed by atoms with Crippen LogP contribution in [-0.2, 0) is 0 Å². The van der Waals surface area contributed by atoms with E-state index in [4.69, 9.17) is 5.73 Å². The molecule has 0 atom stereocenters. The summed E-state index contributed by atoms with van der Waals surface area (Å²) < 4.78 is 0. The first-order chi connectivity index (χ1) is 8.54. The number of aryl methyl sites for hydroxylation is 2. The van der Waals surface area contributed by atoms with Crippen LogP contribution in [0.3, 0.4) is 0 Å². The molecular weight excluding hydrogens is 222 g/mol. The maximum Gasteiger partial charge on any atom is 0.142 e. The van der Waals surface area contributed by atoms with Gasteiger partial charge in [0.15, 0.2) is 0 Å². The third-order valence-electron chi connectivity index (χ3n) is 3.16. The van der Waals surface area contributed by atoms with E-state index in [9.17, 15) is 5.26 Å². The Morgan fingerprint density at radius 2 is 1.72 bits per heavy atom. The Morgan fingerprint density at radius 1 is 1.11 bits per heavy atom. The molecule has 0 unspecified atom stereocenters. The van der Waals surface area contributed by atoms with Gasteiger partial charge in [-0.25, -0.2) is 4.98 Å². The molecule has 0 amide bonds. The third kappa shape index (κ3) is 1.93. The quantitative estimate of drug-likeness (QED) is 0.828. The molecule has 2 N–H and O–H groups in total. The van der Waals surface area contributed by atoms with Crippen molar-refractivity contribution in [2.75, 3.05) is 5.73 Å². The number of nitrogen functional groups attached to an aromatic ring is 1. The first-order valence-corrected chi connectivity index (χ1v) is 5.78. The molecule has 3 nitrogen and oxygen atoms in total. The second-order valence-corrected chi connectivity index (χ2v) is 4.44. The number of aromatic nitrogens is 1. The Kier molecular flexibility index (Phi) is 3.03. The molecule has 0 radical (unpaired) electrons. The van der Waals surface area contributed by atoms with Gasteiger partial charge in [0.05, 0.1) is 0 Å². The van der Waals surface area contributed by atoms with Crippen molar-refractivity contribution in [3.05, 3.63) is 46.6 Å². The van der Waals surface area contributed by atoms with Gasteiger partial charge in [0.2, 0.25) is 0 Å². The van der Waals surface area contributed by atoms with E-state index < -0.39 is 0 Å². The van der Waals surface area contributed by atoms with Crippen LogP contribution in [0.4, 0.5) is 5.82 Å². The number of pyridine rings is 1. The van der Waals surface area contributed by atoms with Crippen LogP contribution in [0.25, 0.3) is 11.1 Å². The molecule has 0 bridgehead atoms. The van der Waals surface area contributed by atoms with Gasteiger partial charge in [0.1, 0.15) is 17.5 Å². The summed E-state index contributed by atoms with van der Waals surface area (Å²) in [4.78, 5) is 4.20. The van der Waals surface area contributed by atoms with Crippen molar-refractivity contribution >= 4 is 5.82 Å². The molecule has 1 heterocycles. The van der Waals surface area contributed by atoms with Crippen molar-refractivity contribution in [2.45, 2.75) is 20.8 Å². The number of rotatable bonds is 1. The smallest absolute Gasteiger partial charge is 0.142 e. The Balaban J connectivity index is 2.77. The second kappa shape index (κ2) is 4.50. The number of anilines is 1. The summed E-state index contributed by atoms with van der Waals surface area (Å²) in [5.41, 5.74) is 11.2. The Hall–Kier alpha value is -2.34. The van der Waals surface area contributed by atoms with Crippen molar-refractivity contribution < 1.29 is 0 Å². The first-order valence-electron chi connectivity index (χ1n) is 5.78. The molecule has 3 heteroatoms. The molecule has 1 aromatic carbocycles. The van der Waals surface area contributed by atoms with Crippen molar-refractivity contribution in [3.8, 4) is 17.2 Å². The molecule has 0 aliphatic carbocycles. The minimum Gasteiger partial charge on any atom is -0.383 e. The lowest BCUT2D eigenvalue weighted by Gasteiger charge is -2.12. The van der Waals surface area contributed by atoms with Gasteiger partial charge in [0, 0.05) is 11.3 Å². The Bertz CT molecular complexity index is 634. The molecule has 0 fully saturated rings. The fourth-order valence-corrected chi connectivity index (χ4v) is 2.01. The fourth-order valence-electron chi connectivity index (χ4n) is 2.01. The minimum absolute atomic E-state index is 0.302. The van der Waals surface area contributed by atoms with E-state index in [1.165, 1.54) is 5.56 Å². The predicted molar refractivity (Wildman–Crippen MR) is 73.0 cm³/mol. The highest BCUT2D eigenvalue weighted by atomic mass is 14.8. The van der Waals surface area contributed by atoms with Crippen molar-refractivity contribution in [2.24, 2.45) is 0 Å². The SMILES string of the molecule is Cc1ccc(-c2c(C)c(C)nc(N)c2C#N)cc1. The lowest BCUT2D eigenvalue weighted by molar-refractivity contribution is 1.15. The van der Waals surface area contributed by atoms with Crippen molar-refractivity contribution in [3.63, 3.8) is 0 Å². The Morgan fingerprint density at radius 3 is 2.28 bits per heavy atom. The normalized spacial score (nSPS) is 10.1. The van der Waals surface area contributed by atoms with Gasteiger partial charge >= 0.3 is 0 Å². The lowest BCUT2D eigenvalue weighted by Crippen LogP contribution is -2.02.